The lowest BCUT2D eigenvalue weighted by Gasteiger charge is -2.05. The van der Waals surface area contributed by atoms with Gasteiger partial charge in [-0.2, -0.15) is 0 Å². The zero-order valence-corrected chi connectivity index (χ0v) is 9.09. The van der Waals surface area contributed by atoms with Gasteiger partial charge in [0.05, 0.1) is 6.34 Å². The Hall–Kier alpha value is -0.750. The number of carboxylic acids is 1. The molecule has 1 atom stereocenters. The second-order valence-electron chi connectivity index (χ2n) is 2.61. The number of hydrogen-bond donors (Lipinski definition) is 3. The first kappa shape index (κ1) is 13.2. The lowest BCUT2D eigenvalue weighted by molar-refractivity contribution is -0.138. The number of nitrogens with zero attached hydrogens (tertiary/aromatic N) is 1. The van der Waals surface area contributed by atoms with Gasteiger partial charge in [0.25, 0.3) is 0 Å². The van der Waals surface area contributed by atoms with Crippen LogP contribution in [0.3, 0.4) is 0 Å². The molecule has 0 saturated heterocycles. The third-order valence-electron chi connectivity index (χ3n) is 1.50. The Balaban J connectivity index is 3.83. The van der Waals surface area contributed by atoms with Gasteiger partial charge in [0.15, 0.2) is 0 Å². The summed E-state index contributed by atoms with van der Waals surface area (Å²) in [5.41, 5.74) is 5.29. The van der Waals surface area contributed by atoms with E-state index >= 15 is 0 Å². The lowest BCUT2D eigenvalue weighted by Crippen LogP contribution is -2.20. The van der Waals surface area contributed by atoms with Crippen molar-refractivity contribution in [1.82, 2.24) is 4.72 Å². The van der Waals surface area contributed by atoms with Crippen molar-refractivity contribution in [2.75, 3.05) is 12.3 Å². The average molecular weight is 219 g/mol. The predicted octanol–water partition coefficient (Wildman–Crippen LogP) is 0.464. The minimum absolute atomic E-state index is 0.487. The number of aliphatic imine (C=N–C) groups is 1. The van der Waals surface area contributed by atoms with Crippen LogP contribution in [-0.2, 0) is 4.79 Å². The molecule has 0 bridgehead atoms. The monoisotopic (exact) mass is 219 g/mol. The predicted molar refractivity (Wildman–Crippen MR) is 59.5 cm³/mol. The molecule has 0 amide bonds. The van der Waals surface area contributed by atoms with Crippen molar-refractivity contribution >= 4 is 24.3 Å². The number of carbonyl (C=O) groups is 1. The number of aliphatic carboxylic acids is 1. The van der Waals surface area contributed by atoms with E-state index in [4.69, 9.17) is 10.8 Å². The third kappa shape index (κ3) is 6.73. The fourth-order valence-corrected chi connectivity index (χ4v) is 1.12. The lowest BCUT2D eigenvalue weighted by atomic mass is 10.2. The van der Waals surface area contributed by atoms with Gasteiger partial charge in [0, 0.05) is 5.75 Å². The first-order valence-electron chi connectivity index (χ1n) is 4.54. The molecule has 0 aliphatic carbocycles. The van der Waals surface area contributed by atoms with Crippen molar-refractivity contribution < 1.29 is 9.90 Å². The quantitative estimate of drug-likeness (QED) is 0.239. The van der Waals surface area contributed by atoms with E-state index in [-0.39, 0.29) is 0 Å². The van der Waals surface area contributed by atoms with Crippen molar-refractivity contribution in [3.63, 3.8) is 0 Å². The average Bonchev–Trinajstić information content (AvgIpc) is 2.16. The molecule has 0 rings (SSSR count). The molecule has 0 fully saturated rings. The molecule has 0 aromatic carbocycles. The van der Waals surface area contributed by atoms with Crippen LogP contribution in [0.1, 0.15) is 19.8 Å². The summed E-state index contributed by atoms with van der Waals surface area (Å²) in [5.74, 6) is 0.00465. The summed E-state index contributed by atoms with van der Waals surface area (Å²) in [6.45, 7) is 2.49. The Bertz CT molecular complexity index is 187. The Morgan fingerprint density at radius 3 is 3.00 bits per heavy atom. The molecule has 0 aliphatic heterocycles. The van der Waals surface area contributed by atoms with Crippen LogP contribution in [0.15, 0.2) is 4.99 Å². The maximum atomic E-state index is 10.7. The topological polar surface area (TPSA) is 87.7 Å². The van der Waals surface area contributed by atoms with Gasteiger partial charge in [-0.1, -0.05) is 18.9 Å². The maximum absolute atomic E-state index is 10.7. The van der Waals surface area contributed by atoms with E-state index in [0.29, 0.717) is 19.4 Å². The van der Waals surface area contributed by atoms with E-state index in [1.807, 2.05) is 6.92 Å². The van der Waals surface area contributed by atoms with Crippen molar-refractivity contribution in [1.29, 1.82) is 0 Å². The first-order chi connectivity index (χ1) is 6.72. The van der Waals surface area contributed by atoms with Crippen LogP contribution in [-0.4, -0.2) is 35.8 Å². The standard InChI is InChI=1S/C8H17N3O2S/c1-2-14-11-6-10-7(8(12)13)4-3-5-9/h6-7H,2-5,9H2,1H3,(H,10,11)(H,12,13)/t7-/m1/s1. The van der Waals surface area contributed by atoms with Crippen molar-refractivity contribution in [2.45, 2.75) is 25.8 Å². The van der Waals surface area contributed by atoms with Crippen LogP contribution in [0.4, 0.5) is 0 Å². The molecule has 0 heterocycles. The summed E-state index contributed by atoms with van der Waals surface area (Å²) in [5, 5.41) is 8.77. The third-order valence-corrected chi connectivity index (χ3v) is 2.06. The second-order valence-corrected chi connectivity index (χ2v) is 3.72. The fraction of sp³-hybridized carbons (Fsp3) is 0.750. The molecule has 4 N–H and O–H groups in total. The Morgan fingerprint density at radius 1 is 1.79 bits per heavy atom. The van der Waals surface area contributed by atoms with Crippen molar-refractivity contribution in [3.05, 3.63) is 0 Å². The molecule has 0 radical (unpaired) electrons. The van der Waals surface area contributed by atoms with Crippen LogP contribution < -0.4 is 10.5 Å². The maximum Gasteiger partial charge on any atom is 0.328 e. The summed E-state index contributed by atoms with van der Waals surface area (Å²) in [6, 6.07) is -0.677. The minimum atomic E-state index is -0.905. The van der Waals surface area contributed by atoms with E-state index in [9.17, 15) is 4.79 Å². The molecular formula is C8H17N3O2S. The molecule has 0 spiro atoms. The molecule has 14 heavy (non-hydrogen) atoms. The molecule has 0 aromatic rings. The SMILES string of the molecule is CCSNC=N[C@H](CCCN)C(=O)O. The van der Waals surface area contributed by atoms with E-state index < -0.39 is 12.0 Å². The summed E-state index contributed by atoms with van der Waals surface area (Å²) in [7, 11) is 0. The van der Waals surface area contributed by atoms with E-state index in [2.05, 4.69) is 9.71 Å². The summed E-state index contributed by atoms with van der Waals surface area (Å²) in [4.78, 5) is 14.6. The summed E-state index contributed by atoms with van der Waals surface area (Å²) >= 11 is 1.47. The Morgan fingerprint density at radius 2 is 2.50 bits per heavy atom. The van der Waals surface area contributed by atoms with Gasteiger partial charge in [0.2, 0.25) is 0 Å². The molecule has 6 heteroatoms. The zero-order chi connectivity index (χ0) is 10.8. The van der Waals surface area contributed by atoms with Gasteiger partial charge in [-0.25, -0.2) is 4.79 Å². The second kappa shape index (κ2) is 8.83. The van der Waals surface area contributed by atoms with Gasteiger partial charge in [-0.3, -0.25) is 4.99 Å². The highest BCUT2D eigenvalue weighted by Crippen LogP contribution is 2.01. The van der Waals surface area contributed by atoms with E-state index in [1.54, 1.807) is 0 Å². The van der Waals surface area contributed by atoms with Crippen LogP contribution >= 0.6 is 11.9 Å². The van der Waals surface area contributed by atoms with Gasteiger partial charge in [-0.15, -0.1) is 0 Å². The Labute approximate surface area is 88.3 Å². The molecular weight excluding hydrogens is 202 g/mol. The highest BCUT2D eigenvalue weighted by atomic mass is 32.2. The molecule has 82 valence electrons. The molecule has 0 saturated carbocycles. The van der Waals surface area contributed by atoms with Gasteiger partial charge in [0.1, 0.15) is 6.04 Å². The highest BCUT2D eigenvalue weighted by molar-refractivity contribution is 7.97. The highest BCUT2D eigenvalue weighted by Gasteiger charge is 2.13. The Kier molecular flexibility index (Phi) is 8.36. The minimum Gasteiger partial charge on any atom is -0.480 e. The van der Waals surface area contributed by atoms with E-state index in [0.717, 1.165) is 5.75 Å². The van der Waals surface area contributed by atoms with E-state index in [1.165, 1.54) is 18.3 Å². The van der Waals surface area contributed by atoms with Gasteiger partial charge >= 0.3 is 5.97 Å². The van der Waals surface area contributed by atoms with Gasteiger partial charge in [-0.05, 0) is 19.4 Å². The number of nitrogens with one attached hydrogen (secondary N) is 1. The first-order valence-corrected chi connectivity index (χ1v) is 5.52. The fourth-order valence-electron chi connectivity index (χ4n) is 0.814. The van der Waals surface area contributed by atoms with Crippen LogP contribution in [0.25, 0.3) is 0 Å². The summed E-state index contributed by atoms with van der Waals surface area (Å²) in [6.07, 6.45) is 2.60. The van der Waals surface area contributed by atoms with Crippen LogP contribution in [0.5, 0.6) is 0 Å². The number of rotatable bonds is 8. The largest absolute Gasteiger partial charge is 0.480 e. The number of hydrogen-bond acceptors (Lipinski definition) is 4. The number of nitrogens with two attached hydrogens (primary N) is 1. The van der Waals surface area contributed by atoms with Crippen molar-refractivity contribution in [2.24, 2.45) is 10.7 Å². The molecule has 0 aliphatic rings. The zero-order valence-electron chi connectivity index (χ0n) is 8.27. The molecule has 0 aromatic heterocycles. The normalized spacial score (nSPS) is 13.0. The van der Waals surface area contributed by atoms with Gasteiger partial charge < -0.3 is 15.6 Å². The molecule has 5 nitrogen and oxygen atoms in total. The summed E-state index contributed by atoms with van der Waals surface area (Å²) < 4.78 is 2.83. The van der Waals surface area contributed by atoms with Crippen LogP contribution in [0, 0.1) is 0 Å². The smallest absolute Gasteiger partial charge is 0.328 e. The van der Waals surface area contributed by atoms with Crippen molar-refractivity contribution in [3.8, 4) is 0 Å². The van der Waals surface area contributed by atoms with Crippen LogP contribution in [0.2, 0.25) is 0 Å². The number of carboxylic acid groups (broad SMARTS) is 1. The molecule has 0 unspecified atom stereocenters.